The summed E-state index contributed by atoms with van der Waals surface area (Å²) in [4.78, 5) is 18.7. The Morgan fingerprint density at radius 1 is 1.14 bits per heavy atom. The van der Waals surface area contributed by atoms with Crippen LogP contribution in [-0.4, -0.2) is 35.9 Å². The normalized spacial score (nSPS) is 12.2. The molecule has 28 heavy (non-hydrogen) atoms. The molecule has 5 nitrogen and oxygen atoms in total. The van der Waals surface area contributed by atoms with Crippen LogP contribution in [0.15, 0.2) is 59.3 Å². The van der Waals surface area contributed by atoms with Crippen molar-refractivity contribution in [1.82, 2.24) is 9.88 Å². The van der Waals surface area contributed by atoms with Crippen LogP contribution in [0.5, 0.6) is 0 Å². The summed E-state index contributed by atoms with van der Waals surface area (Å²) in [5.41, 5.74) is 4.82. The van der Waals surface area contributed by atoms with Gasteiger partial charge in [-0.15, -0.1) is 0 Å². The molecule has 0 saturated heterocycles. The lowest BCUT2D eigenvalue weighted by molar-refractivity contribution is -0.121. The predicted molar refractivity (Wildman–Crippen MR) is 113 cm³/mol. The van der Waals surface area contributed by atoms with E-state index in [4.69, 9.17) is 16.2 Å². The first-order valence-electron chi connectivity index (χ1n) is 9.19. The zero-order valence-corrected chi connectivity index (χ0v) is 17.3. The molecule has 6 heteroatoms. The highest BCUT2D eigenvalue weighted by Crippen LogP contribution is 2.30. The van der Waals surface area contributed by atoms with E-state index >= 15 is 0 Å². The summed E-state index contributed by atoms with van der Waals surface area (Å²) < 4.78 is 6.61. The highest BCUT2D eigenvalue weighted by molar-refractivity contribution is 6.37. The highest BCUT2D eigenvalue weighted by atomic mass is 35.5. The molecule has 146 valence electrons. The lowest BCUT2D eigenvalue weighted by atomic mass is 9.98. The number of halogens is 1. The first kappa shape index (κ1) is 20.1. The minimum absolute atomic E-state index is 0.135. The van der Waals surface area contributed by atoms with Gasteiger partial charge in [-0.25, -0.2) is 9.40 Å². The predicted octanol–water partition coefficient (Wildman–Crippen LogP) is 5.14. The third kappa shape index (κ3) is 4.11. The molecule has 0 bridgehead atoms. The number of hydrogen-bond acceptors (Lipinski definition) is 4. The topological polar surface area (TPSA) is 49.6 Å². The number of nitrogens with zero attached hydrogens (tertiary/aromatic N) is 3. The average molecular weight is 398 g/mol. The number of amides is 1. The summed E-state index contributed by atoms with van der Waals surface area (Å²) >= 11 is 6.33. The van der Waals surface area contributed by atoms with Gasteiger partial charge in [-0.2, -0.15) is 0 Å². The molecule has 3 aromatic rings. The van der Waals surface area contributed by atoms with Crippen molar-refractivity contribution in [3.05, 3.63) is 60.5 Å². The molecular weight excluding hydrogens is 374 g/mol. The van der Waals surface area contributed by atoms with E-state index in [1.807, 2.05) is 62.3 Å². The summed E-state index contributed by atoms with van der Waals surface area (Å²) in [6.07, 6.45) is 3.89. The molecule has 1 heterocycles. The Labute approximate surface area is 170 Å². The number of hydrogen-bond donors (Lipinski definition) is 0. The second-order valence-corrected chi connectivity index (χ2v) is 7.26. The first-order chi connectivity index (χ1) is 13.4. The molecule has 0 aliphatic heterocycles. The number of carbonyl (C=O) groups is 1. The standard InChI is InChI=1S/C22H24ClN3O2/c1-5-20(25(3)4)22(27)26(23)18-10-8-16(9-11-18)19-14-17(7-6-15(19)2)21-24-12-13-28-21/h6-14,20H,5H2,1-4H3. The van der Waals surface area contributed by atoms with Crippen molar-refractivity contribution < 1.29 is 9.21 Å². The molecule has 0 aliphatic rings. The van der Waals surface area contributed by atoms with Crippen LogP contribution < -0.4 is 4.42 Å². The van der Waals surface area contributed by atoms with Gasteiger partial charge in [0.15, 0.2) is 0 Å². The third-order valence-corrected chi connectivity index (χ3v) is 5.17. The van der Waals surface area contributed by atoms with E-state index < -0.39 is 0 Å². The zero-order chi connectivity index (χ0) is 20.3. The second kappa shape index (κ2) is 8.59. The second-order valence-electron chi connectivity index (χ2n) is 6.92. The van der Waals surface area contributed by atoms with Crippen molar-refractivity contribution in [3.8, 4) is 22.6 Å². The molecule has 0 aliphatic carbocycles. The lowest BCUT2D eigenvalue weighted by Crippen LogP contribution is -2.42. The lowest BCUT2D eigenvalue weighted by Gasteiger charge is -2.25. The number of benzene rings is 2. The summed E-state index contributed by atoms with van der Waals surface area (Å²) in [6.45, 7) is 4.03. The van der Waals surface area contributed by atoms with Gasteiger partial charge in [0.1, 0.15) is 6.26 Å². The van der Waals surface area contributed by atoms with Crippen LogP contribution in [0.2, 0.25) is 0 Å². The Bertz CT molecular complexity index is 937. The fraction of sp³-hybridized carbons (Fsp3) is 0.273. The molecule has 2 aromatic carbocycles. The van der Waals surface area contributed by atoms with Crippen LogP contribution in [0.3, 0.4) is 0 Å². The van der Waals surface area contributed by atoms with Crippen LogP contribution in [0.4, 0.5) is 5.69 Å². The summed E-state index contributed by atoms with van der Waals surface area (Å²) in [7, 11) is 3.76. The molecule has 1 unspecified atom stereocenters. The molecule has 0 fully saturated rings. The van der Waals surface area contributed by atoms with Crippen molar-refractivity contribution in [2.75, 3.05) is 18.5 Å². The smallest absolute Gasteiger partial charge is 0.258 e. The number of likely N-dealkylation sites (N-methyl/N-ethyl adjacent to an activating group) is 1. The Morgan fingerprint density at radius 2 is 1.82 bits per heavy atom. The number of carbonyl (C=O) groups excluding carboxylic acids is 1. The quantitative estimate of drug-likeness (QED) is 0.540. The van der Waals surface area contributed by atoms with Gasteiger partial charge in [0.25, 0.3) is 5.91 Å². The number of rotatable bonds is 6. The van der Waals surface area contributed by atoms with Gasteiger partial charge >= 0.3 is 0 Å². The monoisotopic (exact) mass is 397 g/mol. The van der Waals surface area contributed by atoms with Gasteiger partial charge in [-0.3, -0.25) is 9.69 Å². The maximum atomic E-state index is 12.6. The van der Waals surface area contributed by atoms with E-state index in [1.165, 1.54) is 4.42 Å². The Balaban J connectivity index is 1.87. The van der Waals surface area contributed by atoms with E-state index in [9.17, 15) is 4.79 Å². The molecule has 3 rings (SSSR count). The molecule has 1 amide bonds. The first-order valence-corrected chi connectivity index (χ1v) is 9.53. The van der Waals surface area contributed by atoms with E-state index in [2.05, 4.69) is 18.0 Å². The largest absolute Gasteiger partial charge is 0.445 e. The van der Waals surface area contributed by atoms with Crippen molar-refractivity contribution >= 4 is 23.4 Å². The maximum absolute atomic E-state index is 12.6. The van der Waals surface area contributed by atoms with Crippen LogP contribution in [0.1, 0.15) is 18.9 Å². The van der Waals surface area contributed by atoms with Gasteiger partial charge in [-0.1, -0.05) is 25.1 Å². The average Bonchev–Trinajstić information content (AvgIpc) is 3.23. The van der Waals surface area contributed by atoms with Gasteiger partial charge in [0.2, 0.25) is 5.89 Å². The molecule has 1 atom stereocenters. The van der Waals surface area contributed by atoms with Crippen molar-refractivity contribution in [1.29, 1.82) is 0 Å². The molecule has 1 aromatic heterocycles. The minimum Gasteiger partial charge on any atom is -0.445 e. The third-order valence-electron chi connectivity index (χ3n) is 4.81. The number of anilines is 1. The SMILES string of the molecule is CCC(C(=O)N(Cl)c1ccc(-c2cc(-c3ncco3)ccc2C)cc1)N(C)C. The fourth-order valence-corrected chi connectivity index (χ4v) is 3.45. The molecule has 0 saturated carbocycles. The zero-order valence-electron chi connectivity index (χ0n) is 16.5. The molecule has 0 radical (unpaired) electrons. The van der Waals surface area contributed by atoms with Crippen LogP contribution >= 0.6 is 11.8 Å². The van der Waals surface area contributed by atoms with Crippen molar-refractivity contribution in [2.45, 2.75) is 26.3 Å². The van der Waals surface area contributed by atoms with Crippen molar-refractivity contribution in [2.24, 2.45) is 0 Å². The fourth-order valence-electron chi connectivity index (χ4n) is 3.22. The number of aromatic nitrogens is 1. The molecule has 0 spiro atoms. The summed E-state index contributed by atoms with van der Waals surface area (Å²) in [6, 6.07) is 13.5. The maximum Gasteiger partial charge on any atom is 0.258 e. The Kier molecular flexibility index (Phi) is 6.17. The van der Waals surface area contributed by atoms with E-state index in [0.717, 1.165) is 22.3 Å². The van der Waals surface area contributed by atoms with Gasteiger partial charge in [-0.05, 0) is 68.4 Å². The van der Waals surface area contributed by atoms with Crippen molar-refractivity contribution in [3.63, 3.8) is 0 Å². The molecule has 0 N–H and O–H groups in total. The Morgan fingerprint density at radius 3 is 2.39 bits per heavy atom. The van der Waals surface area contributed by atoms with E-state index in [1.54, 1.807) is 12.5 Å². The van der Waals surface area contributed by atoms with Gasteiger partial charge in [0, 0.05) is 17.3 Å². The summed E-state index contributed by atoms with van der Waals surface area (Å²) in [5.74, 6) is 0.452. The van der Waals surface area contributed by atoms with E-state index in [0.29, 0.717) is 18.0 Å². The van der Waals surface area contributed by atoms with Crippen LogP contribution in [-0.2, 0) is 4.79 Å². The highest BCUT2D eigenvalue weighted by Gasteiger charge is 2.24. The van der Waals surface area contributed by atoms with Crippen LogP contribution in [0.25, 0.3) is 22.6 Å². The number of oxazole rings is 1. The number of aryl methyl sites for hydroxylation is 1. The van der Waals surface area contributed by atoms with Gasteiger partial charge < -0.3 is 4.42 Å². The van der Waals surface area contributed by atoms with Crippen LogP contribution in [0, 0.1) is 6.92 Å². The summed E-state index contributed by atoms with van der Waals surface area (Å²) in [5, 5.41) is 0. The van der Waals surface area contributed by atoms with Gasteiger partial charge in [0.05, 0.1) is 17.9 Å². The minimum atomic E-state index is -0.253. The molecular formula is C22H24ClN3O2. The Hall–Kier alpha value is -2.63. The van der Waals surface area contributed by atoms with E-state index in [-0.39, 0.29) is 11.9 Å².